The second-order valence-electron chi connectivity index (χ2n) is 4.46. The summed E-state index contributed by atoms with van der Waals surface area (Å²) in [6.07, 6.45) is 1.19. The summed E-state index contributed by atoms with van der Waals surface area (Å²) in [7, 11) is 0. The number of pyridine rings is 1. The van der Waals surface area contributed by atoms with Crippen LogP contribution in [-0.2, 0) is 0 Å². The van der Waals surface area contributed by atoms with E-state index in [9.17, 15) is 10.1 Å². The molecule has 0 saturated heterocycles. The van der Waals surface area contributed by atoms with E-state index in [1.807, 2.05) is 31.2 Å². The summed E-state index contributed by atoms with van der Waals surface area (Å²) in [4.78, 5) is 18.3. The van der Waals surface area contributed by atoms with Crippen LogP contribution in [0.1, 0.15) is 5.56 Å². The number of aryl methyl sites for hydroxylation is 1. The lowest BCUT2D eigenvalue weighted by Crippen LogP contribution is -1.89. The van der Waals surface area contributed by atoms with Crippen LogP contribution in [0.2, 0.25) is 0 Å². The Morgan fingerprint density at radius 3 is 2.59 bits per heavy atom. The molecule has 3 aromatic rings. The second kappa shape index (κ2) is 5.94. The van der Waals surface area contributed by atoms with Gasteiger partial charge in [0, 0.05) is 11.6 Å². The van der Waals surface area contributed by atoms with Crippen molar-refractivity contribution in [2.75, 3.05) is 0 Å². The maximum atomic E-state index is 10.6. The average molecular weight is 314 g/mol. The lowest BCUT2D eigenvalue weighted by atomic mass is 10.1. The third kappa shape index (κ3) is 3.12. The van der Waals surface area contributed by atoms with E-state index in [2.05, 4.69) is 15.1 Å². The van der Waals surface area contributed by atoms with Crippen LogP contribution in [-0.4, -0.2) is 20.0 Å². The van der Waals surface area contributed by atoms with Gasteiger partial charge in [-0.3, -0.25) is 10.1 Å². The summed E-state index contributed by atoms with van der Waals surface area (Å²) in [5.74, 6) is 0.490. The summed E-state index contributed by atoms with van der Waals surface area (Å²) in [5, 5.41) is 15.4. The van der Waals surface area contributed by atoms with Gasteiger partial charge in [0.1, 0.15) is 11.2 Å². The summed E-state index contributed by atoms with van der Waals surface area (Å²) in [6, 6.07) is 10.7. The molecule has 0 amide bonds. The van der Waals surface area contributed by atoms with E-state index < -0.39 is 4.92 Å². The number of nitrogens with zero attached hydrogens (tertiary/aromatic N) is 4. The molecule has 7 nitrogen and oxygen atoms in total. The molecule has 22 heavy (non-hydrogen) atoms. The van der Waals surface area contributed by atoms with Crippen LogP contribution in [0.25, 0.3) is 11.4 Å². The topological polar surface area (TPSA) is 95.0 Å². The molecule has 1 aromatic carbocycles. The Bertz CT molecular complexity index is 800. The van der Waals surface area contributed by atoms with E-state index in [0.717, 1.165) is 22.9 Å². The van der Waals surface area contributed by atoms with Crippen molar-refractivity contribution in [2.45, 2.75) is 17.2 Å². The van der Waals surface area contributed by atoms with Crippen LogP contribution in [0, 0.1) is 17.0 Å². The predicted octanol–water partition coefficient (Wildman–Crippen LogP) is 3.50. The van der Waals surface area contributed by atoms with Gasteiger partial charge < -0.3 is 4.52 Å². The number of nitro groups is 1. The minimum Gasteiger partial charge on any atom is -0.326 e. The van der Waals surface area contributed by atoms with Gasteiger partial charge in [0.15, 0.2) is 0 Å². The molecule has 0 atom stereocenters. The first-order valence-electron chi connectivity index (χ1n) is 6.31. The van der Waals surface area contributed by atoms with Crippen LogP contribution >= 0.6 is 11.8 Å². The number of hydrogen-bond acceptors (Lipinski definition) is 7. The van der Waals surface area contributed by atoms with Crippen molar-refractivity contribution >= 4 is 17.4 Å². The molecule has 0 unspecified atom stereocenters. The minimum atomic E-state index is -0.496. The van der Waals surface area contributed by atoms with Gasteiger partial charge in [0.05, 0.1) is 4.92 Å². The van der Waals surface area contributed by atoms with Crippen LogP contribution in [0.3, 0.4) is 0 Å². The molecule has 0 bridgehead atoms. The molecule has 0 N–H and O–H groups in total. The standard InChI is InChI=1S/C14H10N4O3S/c1-9-2-4-10(5-3-9)13-16-14(21-17-13)22-12-7-6-11(8-15-12)18(19)20/h2-8H,1H3. The highest BCUT2D eigenvalue weighted by Crippen LogP contribution is 2.27. The largest absolute Gasteiger partial charge is 0.326 e. The van der Waals surface area contributed by atoms with E-state index in [1.54, 1.807) is 6.07 Å². The molecule has 2 aromatic heterocycles. The maximum absolute atomic E-state index is 10.6. The zero-order valence-corrected chi connectivity index (χ0v) is 12.3. The molecule has 0 fully saturated rings. The van der Waals surface area contributed by atoms with Crippen LogP contribution in [0.5, 0.6) is 0 Å². The molecule has 0 radical (unpaired) electrons. The Hall–Kier alpha value is -2.74. The molecular formula is C14H10N4O3S. The Kier molecular flexibility index (Phi) is 3.84. The highest BCUT2D eigenvalue weighted by Gasteiger charge is 2.12. The highest BCUT2D eigenvalue weighted by atomic mass is 32.2. The number of benzene rings is 1. The Morgan fingerprint density at radius 2 is 1.95 bits per heavy atom. The number of hydrogen-bond donors (Lipinski definition) is 0. The Balaban J connectivity index is 1.76. The Labute approximate surface area is 129 Å². The van der Waals surface area contributed by atoms with E-state index in [0.29, 0.717) is 16.1 Å². The van der Waals surface area contributed by atoms with Crippen LogP contribution < -0.4 is 0 Å². The summed E-state index contributed by atoms with van der Waals surface area (Å²) in [5.41, 5.74) is 1.95. The molecule has 0 saturated carbocycles. The molecular weight excluding hydrogens is 304 g/mol. The highest BCUT2D eigenvalue weighted by molar-refractivity contribution is 7.99. The smallest absolute Gasteiger partial charge is 0.292 e. The van der Waals surface area contributed by atoms with E-state index in [-0.39, 0.29) is 5.69 Å². The quantitative estimate of drug-likeness (QED) is 0.537. The van der Waals surface area contributed by atoms with Crippen molar-refractivity contribution in [3.05, 3.63) is 58.3 Å². The number of rotatable bonds is 4. The van der Waals surface area contributed by atoms with Crippen molar-refractivity contribution in [3.8, 4) is 11.4 Å². The van der Waals surface area contributed by atoms with E-state index >= 15 is 0 Å². The lowest BCUT2D eigenvalue weighted by Gasteiger charge is -1.95. The SMILES string of the molecule is Cc1ccc(-c2noc(Sc3ccc([N+](=O)[O-])cn3)n2)cc1. The molecule has 0 aliphatic carbocycles. The van der Waals surface area contributed by atoms with Gasteiger partial charge in [-0.1, -0.05) is 35.0 Å². The zero-order valence-electron chi connectivity index (χ0n) is 11.5. The van der Waals surface area contributed by atoms with Gasteiger partial charge in [-0.25, -0.2) is 4.98 Å². The molecule has 3 rings (SSSR count). The summed E-state index contributed by atoms with van der Waals surface area (Å²) < 4.78 is 5.16. The van der Waals surface area contributed by atoms with Crippen molar-refractivity contribution in [2.24, 2.45) is 0 Å². The molecule has 110 valence electrons. The van der Waals surface area contributed by atoms with Gasteiger partial charge in [-0.05, 0) is 24.8 Å². The van der Waals surface area contributed by atoms with E-state index in [4.69, 9.17) is 4.52 Å². The van der Waals surface area contributed by atoms with Gasteiger partial charge >= 0.3 is 0 Å². The second-order valence-corrected chi connectivity index (χ2v) is 5.44. The first kappa shape index (κ1) is 14.2. The van der Waals surface area contributed by atoms with Gasteiger partial charge in [0.2, 0.25) is 5.82 Å². The molecule has 0 spiro atoms. The van der Waals surface area contributed by atoms with Crippen LogP contribution in [0.4, 0.5) is 5.69 Å². The van der Waals surface area contributed by atoms with Crippen molar-refractivity contribution in [1.29, 1.82) is 0 Å². The van der Waals surface area contributed by atoms with Crippen molar-refractivity contribution < 1.29 is 9.45 Å². The molecule has 0 aliphatic heterocycles. The Morgan fingerprint density at radius 1 is 1.18 bits per heavy atom. The summed E-state index contributed by atoms with van der Waals surface area (Å²) in [6.45, 7) is 2.00. The third-order valence-corrected chi connectivity index (χ3v) is 3.63. The monoisotopic (exact) mass is 314 g/mol. The van der Waals surface area contributed by atoms with Gasteiger partial charge in [-0.15, -0.1) is 0 Å². The maximum Gasteiger partial charge on any atom is 0.292 e. The van der Waals surface area contributed by atoms with Crippen LogP contribution in [0.15, 0.2) is 57.4 Å². The first-order valence-corrected chi connectivity index (χ1v) is 7.12. The van der Waals surface area contributed by atoms with Gasteiger partial charge in [-0.2, -0.15) is 4.98 Å². The fourth-order valence-corrected chi connectivity index (χ4v) is 2.33. The molecule has 8 heteroatoms. The predicted molar refractivity (Wildman–Crippen MR) is 79.5 cm³/mol. The normalized spacial score (nSPS) is 10.6. The molecule has 0 aliphatic rings. The zero-order chi connectivity index (χ0) is 15.5. The minimum absolute atomic E-state index is 0.0600. The van der Waals surface area contributed by atoms with Gasteiger partial charge in [0.25, 0.3) is 10.9 Å². The molecule has 2 heterocycles. The van der Waals surface area contributed by atoms with E-state index in [1.165, 1.54) is 12.3 Å². The fraction of sp³-hybridized carbons (Fsp3) is 0.0714. The third-order valence-electron chi connectivity index (χ3n) is 2.84. The van der Waals surface area contributed by atoms with Crippen molar-refractivity contribution in [1.82, 2.24) is 15.1 Å². The number of aromatic nitrogens is 3. The lowest BCUT2D eigenvalue weighted by molar-refractivity contribution is -0.385. The summed E-state index contributed by atoms with van der Waals surface area (Å²) >= 11 is 1.15. The van der Waals surface area contributed by atoms with Crippen molar-refractivity contribution in [3.63, 3.8) is 0 Å². The fourth-order valence-electron chi connectivity index (χ4n) is 1.70. The average Bonchev–Trinajstić information content (AvgIpc) is 2.97. The first-order chi connectivity index (χ1) is 10.6.